The van der Waals surface area contributed by atoms with Gasteiger partial charge in [-0.15, -0.1) is 0 Å². The Kier molecular flexibility index (Phi) is 4.42. The first-order valence-electron chi connectivity index (χ1n) is 9.34. The number of hydrogen-bond donors (Lipinski definition) is 0. The Morgan fingerprint density at radius 1 is 0.846 bits per heavy atom. The van der Waals surface area contributed by atoms with E-state index >= 15 is 0 Å². The van der Waals surface area contributed by atoms with Crippen molar-refractivity contribution in [2.75, 3.05) is 6.61 Å². The summed E-state index contributed by atoms with van der Waals surface area (Å²) in [6.45, 7) is 8.10. The van der Waals surface area contributed by atoms with Crippen molar-refractivity contribution < 1.29 is 4.74 Å². The molecule has 2 nitrogen and oxygen atoms in total. The monoisotopic (exact) mass is 343 g/mol. The molecule has 4 rings (SSSR count). The average Bonchev–Trinajstić information content (AvgIpc) is 2.96. The summed E-state index contributed by atoms with van der Waals surface area (Å²) in [4.78, 5) is 0. The third-order valence-electron chi connectivity index (χ3n) is 5.13. The van der Waals surface area contributed by atoms with Crippen LogP contribution in [-0.4, -0.2) is 11.2 Å². The number of ether oxygens (including phenoxy) is 1. The summed E-state index contributed by atoms with van der Waals surface area (Å²) in [7, 11) is 0. The molecule has 1 heterocycles. The maximum Gasteiger partial charge on any atom is 0.119 e. The van der Waals surface area contributed by atoms with E-state index in [1.165, 1.54) is 32.9 Å². The fourth-order valence-corrected chi connectivity index (χ4v) is 3.88. The second-order valence-electron chi connectivity index (χ2n) is 7.21. The molecule has 0 aliphatic carbocycles. The number of aryl methyl sites for hydroxylation is 1. The zero-order chi connectivity index (χ0) is 18.1. The summed E-state index contributed by atoms with van der Waals surface area (Å²) in [6.07, 6.45) is 0. The quantitative estimate of drug-likeness (QED) is 0.414. The summed E-state index contributed by atoms with van der Waals surface area (Å²) in [5, 5.41) is 2.61. The fraction of sp³-hybridized carbons (Fsp3) is 0.250. The van der Waals surface area contributed by atoms with Crippen LogP contribution in [0, 0.1) is 6.92 Å². The van der Waals surface area contributed by atoms with E-state index in [0.29, 0.717) is 12.5 Å². The molecule has 1 aromatic heterocycles. The van der Waals surface area contributed by atoms with Gasteiger partial charge in [-0.2, -0.15) is 0 Å². The molecule has 0 N–H and O–H groups in total. The minimum atomic E-state index is 0.543. The molecule has 0 radical (unpaired) electrons. The van der Waals surface area contributed by atoms with E-state index in [1.807, 2.05) is 0 Å². The first kappa shape index (κ1) is 16.7. The summed E-state index contributed by atoms with van der Waals surface area (Å²) < 4.78 is 8.43. The van der Waals surface area contributed by atoms with Crippen molar-refractivity contribution in [2.45, 2.75) is 33.2 Å². The van der Waals surface area contributed by atoms with Crippen LogP contribution in [0.2, 0.25) is 0 Å². The second kappa shape index (κ2) is 6.87. The lowest BCUT2D eigenvalue weighted by atomic mass is 9.98. The molecule has 132 valence electrons. The zero-order valence-electron chi connectivity index (χ0n) is 15.7. The highest BCUT2D eigenvalue weighted by Crippen LogP contribution is 2.29. The molecule has 26 heavy (non-hydrogen) atoms. The van der Waals surface area contributed by atoms with Crippen LogP contribution < -0.4 is 4.74 Å². The van der Waals surface area contributed by atoms with E-state index in [1.54, 1.807) is 0 Å². The number of nitrogens with zero attached hydrogens (tertiary/aromatic N) is 1. The van der Waals surface area contributed by atoms with Crippen LogP contribution in [0.5, 0.6) is 5.75 Å². The van der Waals surface area contributed by atoms with Gasteiger partial charge in [0.15, 0.2) is 0 Å². The smallest absolute Gasteiger partial charge is 0.119 e. The number of aromatic nitrogens is 1. The number of hydrogen-bond acceptors (Lipinski definition) is 1. The minimum Gasteiger partial charge on any atom is -0.492 e. The molecule has 0 saturated carbocycles. The van der Waals surface area contributed by atoms with Crippen molar-refractivity contribution in [3.05, 3.63) is 77.9 Å². The molecule has 2 heteroatoms. The van der Waals surface area contributed by atoms with Crippen molar-refractivity contribution >= 4 is 21.8 Å². The molecule has 0 saturated heterocycles. The Hall–Kier alpha value is -2.74. The van der Waals surface area contributed by atoms with Gasteiger partial charge in [0.1, 0.15) is 12.4 Å². The first-order valence-corrected chi connectivity index (χ1v) is 9.34. The Balaban J connectivity index is 1.57. The van der Waals surface area contributed by atoms with Crippen molar-refractivity contribution in [3.63, 3.8) is 0 Å². The Bertz CT molecular complexity index is 1010. The molecule has 0 fully saturated rings. The van der Waals surface area contributed by atoms with E-state index in [0.717, 1.165) is 12.3 Å². The lowest BCUT2D eigenvalue weighted by molar-refractivity contribution is 0.302. The number of benzene rings is 3. The van der Waals surface area contributed by atoms with Gasteiger partial charge >= 0.3 is 0 Å². The van der Waals surface area contributed by atoms with Crippen LogP contribution in [0.4, 0.5) is 0 Å². The number of para-hydroxylation sites is 2. The van der Waals surface area contributed by atoms with Crippen molar-refractivity contribution in [3.8, 4) is 5.75 Å². The summed E-state index contributed by atoms with van der Waals surface area (Å²) in [6, 6.07) is 23.6. The highest BCUT2D eigenvalue weighted by atomic mass is 16.5. The van der Waals surface area contributed by atoms with Gasteiger partial charge in [0, 0.05) is 21.8 Å². The molecular formula is C24H25NO. The predicted octanol–water partition coefficient (Wildman–Crippen LogP) is 6.31. The molecule has 0 spiro atoms. The topological polar surface area (TPSA) is 14.2 Å². The van der Waals surface area contributed by atoms with Gasteiger partial charge in [0.05, 0.1) is 6.54 Å². The molecule has 4 aromatic rings. The fourth-order valence-electron chi connectivity index (χ4n) is 3.88. The molecule has 0 aliphatic rings. The van der Waals surface area contributed by atoms with Gasteiger partial charge in [-0.25, -0.2) is 0 Å². The maximum atomic E-state index is 6.07. The summed E-state index contributed by atoms with van der Waals surface area (Å²) in [5.74, 6) is 1.49. The van der Waals surface area contributed by atoms with Gasteiger partial charge in [0.2, 0.25) is 0 Å². The SMILES string of the molecule is Cc1cc(OCCn2c3ccccc3c3ccccc32)ccc1C(C)C. The highest BCUT2D eigenvalue weighted by Gasteiger charge is 2.10. The summed E-state index contributed by atoms with van der Waals surface area (Å²) in [5.41, 5.74) is 5.22. The van der Waals surface area contributed by atoms with Crippen molar-refractivity contribution in [1.29, 1.82) is 0 Å². The summed E-state index contributed by atoms with van der Waals surface area (Å²) >= 11 is 0. The van der Waals surface area contributed by atoms with E-state index in [4.69, 9.17) is 4.74 Å². The number of fused-ring (bicyclic) bond motifs is 3. The first-order chi connectivity index (χ1) is 12.6. The van der Waals surface area contributed by atoms with Gasteiger partial charge in [-0.3, -0.25) is 0 Å². The van der Waals surface area contributed by atoms with E-state index < -0.39 is 0 Å². The Morgan fingerprint density at radius 3 is 2.04 bits per heavy atom. The second-order valence-corrected chi connectivity index (χ2v) is 7.21. The maximum absolute atomic E-state index is 6.07. The average molecular weight is 343 g/mol. The van der Waals surface area contributed by atoms with Gasteiger partial charge in [0.25, 0.3) is 0 Å². The molecule has 0 amide bonds. The van der Waals surface area contributed by atoms with Crippen LogP contribution >= 0.6 is 0 Å². The lowest BCUT2D eigenvalue weighted by Gasteiger charge is -2.13. The third kappa shape index (κ3) is 2.96. The van der Waals surface area contributed by atoms with Gasteiger partial charge in [-0.1, -0.05) is 56.3 Å². The molecule has 0 atom stereocenters. The van der Waals surface area contributed by atoms with Gasteiger partial charge in [-0.05, 0) is 48.2 Å². The standard InChI is InChI=1S/C24H25NO/c1-17(2)20-13-12-19(16-18(20)3)26-15-14-25-23-10-6-4-8-21(23)22-9-5-7-11-24(22)25/h4-13,16-17H,14-15H2,1-3H3. The Labute approximate surface area is 155 Å². The third-order valence-corrected chi connectivity index (χ3v) is 5.13. The van der Waals surface area contributed by atoms with Gasteiger partial charge < -0.3 is 9.30 Å². The zero-order valence-corrected chi connectivity index (χ0v) is 15.7. The van der Waals surface area contributed by atoms with Crippen molar-refractivity contribution in [2.24, 2.45) is 0 Å². The Morgan fingerprint density at radius 2 is 1.46 bits per heavy atom. The van der Waals surface area contributed by atoms with Crippen LogP contribution in [0.15, 0.2) is 66.7 Å². The molecule has 0 aliphatic heterocycles. The minimum absolute atomic E-state index is 0.543. The van der Waals surface area contributed by atoms with E-state index in [9.17, 15) is 0 Å². The van der Waals surface area contributed by atoms with Crippen molar-refractivity contribution in [1.82, 2.24) is 4.57 Å². The van der Waals surface area contributed by atoms with Crippen LogP contribution in [0.3, 0.4) is 0 Å². The van der Waals surface area contributed by atoms with Crippen LogP contribution in [0.1, 0.15) is 30.9 Å². The predicted molar refractivity (Wildman–Crippen MR) is 110 cm³/mol. The van der Waals surface area contributed by atoms with Crippen LogP contribution in [-0.2, 0) is 6.54 Å². The van der Waals surface area contributed by atoms with E-state index in [2.05, 4.69) is 92.1 Å². The molecule has 3 aromatic carbocycles. The normalized spacial score (nSPS) is 11.5. The number of rotatable bonds is 5. The highest BCUT2D eigenvalue weighted by molar-refractivity contribution is 6.07. The largest absolute Gasteiger partial charge is 0.492 e. The van der Waals surface area contributed by atoms with Crippen LogP contribution in [0.25, 0.3) is 21.8 Å². The molecule has 0 unspecified atom stereocenters. The molecule has 0 bridgehead atoms. The molecular weight excluding hydrogens is 318 g/mol. The van der Waals surface area contributed by atoms with E-state index in [-0.39, 0.29) is 0 Å². The lowest BCUT2D eigenvalue weighted by Crippen LogP contribution is -2.08.